The van der Waals surface area contributed by atoms with Crippen LogP contribution in [-0.4, -0.2) is 28.8 Å². The first-order valence-corrected chi connectivity index (χ1v) is 7.70. The maximum absolute atomic E-state index is 12.3. The molecule has 1 aromatic heterocycles. The topological polar surface area (TPSA) is 75.4 Å². The predicted octanol–water partition coefficient (Wildman–Crippen LogP) is 2.45. The van der Waals surface area contributed by atoms with Crippen LogP contribution in [0.5, 0.6) is 0 Å². The van der Waals surface area contributed by atoms with E-state index in [-0.39, 0.29) is 29.9 Å². The third kappa shape index (κ3) is 3.28. The fraction of sp³-hybridized carbons (Fsp3) is 0.750. The molecule has 21 heavy (non-hydrogen) atoms. The molecule has 0 aromatic carbocycles. The first-order valence-electron chi connectivity index (χ1n) is 7.70. The summed E-state index contributed by atoms with van der Waals surface area (Å²) in [5.74, 6) is 0.904. The minimum Gasteiger partial charge on any atom is -0.396 e. The monoisotopic (exact) mass is 294 g/mol. The maximum atomic E-state index is 12.3. The van der Waals surface area contributed by atoms with Crippen molar-refractivity contribution in [1.29, 1.82) is 0 Å². The van der Waals surface area contributed by atoms with Gasteiger partial charge in [-0.1, -0.05) is 25.4 Å². The number of rotatable bonds is 5. The molecule has 1 aliphatic carbocycles. The minimum absolute atomic E-state index is 0.0362. The number of hydrogen-bond donors (Lipinski definition) is 2. The van der Waals surface area contributed by atoms with Crippen molar-refractivity contribution >= 4 is 5.91 Å². The molecule has 2 rings (SSSR count). The fourth-order valence-corrected chi connectivity index (χ4v) is 3.50. The molecule has 0 saturated heterocycles. The normalized spacial score (nSPS) is 26.8. The van der Waals surface area contributed by atoms with E-state index >= 15 is 0 Å². The molecule has 118 valence electrons. The number of carbonyl (C=O) groups excluding carboxylic acids is 1. The van der Waals surface area contributed by atoms with Gasteiger partial charge in [0.15, 0.2) is 0 Å². The zero-order valence-electron chi connectivity index (χ0n) is 13.4. The van der Waals surface area contributed by atoms with Crippen LogP contribution in [0.25, 0.3) is 0 Å². The number of hydrogen-bond acceptors (Lipinski definition) is 4. The van der Waals surface area contributed by atoms with E-state index in [0.717, 1.165) is 36.3 Å². The van der Waals surface area contributed by atoms with Gasteiger partial charge in [-0.15, -0.1) is 0 Å². The number of amides is 1. The van der Waals surface area contributed by atoms with Crippen LogP contribution in [0.1, 0.15) is 62.5 Å². The SMILES string of the molecule is Cc1noc(C)c1C(C)CC(=O)NC1CCCC1(C)CO. The van der Waals surface area contributed by atoms with E-state index in [4.69, 9.17) is 4.52 Å². The Hall–Kier alpha value is -1.36. The average Bonchev–Trinajstić information content (AvgIpc) is 2.94. The van der Waals surface area contributed by atoms with Gasteiger partial charge in [0, 0.05) is 23.4 Å². The molecule has 3 unspecified atom stereocenters. The van der Waals surface area contributed by atoms with Crippen LogP contribution in [0.3, 0.4) is 0 Å². The van der Waals surface area contributed by atoms with Gasteiger partial charge in [-0.2, -0.15) is 0 Å². The average molecular weight is 294 g/mol. The van der Waals surface area contributed by atoms with E-state index in [1.807, 2.05) is 27.7 Å². The van der Waals surface area contributed by atoms with Gasteiger partial charge in [-0.25, -0.2) is 0 Å². The van der Waals surface area contributed by atoms with Gasteiger partial charge < -0.3 is 14.9 Å². The lowest BCUT2D eigenvalue weighted by Crippen LogP contribution is -2.45. The van der Waals surface area contributed by atoms with E-state index in [1.54, 1.807) is 0 Å². The molecule has 0 aliphatic heterocycles. The Morgan fingerprint density at radius 3 is 2.86 bits per heavy atom. The smallest absolute Gasteiger partial charge is 0.220 e. The molecule has 0 radical (unpaired) electrons. The van der Waals surface area contributed by atoms with Gasteiger partial charge in [-0.3, -0.25) is 4.79 Å². The minimum atomic E-state index is -0.179. The summed E-state index contributed by atoms with van der Waals surface area (Å²) in [6.07, 6.45) is 3.39. The van der Waals surface area contributed by atoms with Crippen LogP contribution in [0, 0.1) is 19.3 Å². The summed E-state index contributed by atoms with van der Waals surface area (Å²) in [7, 11) is 0. The number of nitrogens with zero attached hydrogens (tertiary/aromatic N) is 1. The van der Waals surface area contributed by atoms with Gasteiger partial charge in [0.2, 0.25) is 5.91 Å². The van der Waals surface area contributed by atoms with Crippen LogP contribution < -0.4 is 5.32 Å². The predicted molar refractivity (Wildman–Crippen MR) is 80.0 cm³/mol. The van der Waals surface area contributed by atoms with Crippen LogP contribution >= 0.6 is 0 Å². The lowest BCUT2D eigenvalue weighted by molar-refractivity contribution is -0.123. The van der Waals surface area contributed by atoms with Crippen molar-refractivity contribution in [3.63, 3.8) is 0 Å². The van der Waals surface area contributed by atoms with Crippen LogP contribution in [0.4, 0.5) is 0 Å². The van der Waals surface area contributed by atoms with E-state index in [1.165, 1.54) is 0 Å². The highest BCUT2D eigenvalue weighted by Crippen LogP contribution is 2.37. The van der Waals surface area contributed by atoms with Gasteiger partial charge in [0.1, 0.15) is 5.76 Å². The number of aliphatic hydroxyl groups excluding tert-OH is 1. The van der Waals surface area contributed by atoms with Crippen molar-refractivity contribution in [2.75, 3.05) is 6.61 Å². The van der Waals surface area contributed by atoms with Crippen molar-refractivity contribution in [3.8, 4) is 0 Å². The van der Waals surface area contributed by atoms with Gasteiger partial charge in [0.05, 0.1) is 12.3 Å². The Kier molecular flexibility index (Phi) is 4.71. The van der Waals surface area contributed by atoms with E-state index in [9.17, 15) is 9.90 Å². The lowest BCUT2D eigenvalue weighted by atomic mass is 9.85. The summed E-state index contributed by atoms with van der Waals surface area (Å²) in [4.78, 5) is 12.3. The third-order valence-corrected chi connectivity index (χ3v) is 4.85. The Labute approximate surface area is 126 Å². The van der Waals surface area contributed by atoms with Crippen molar-refractivity contribution in [2.24, 2.45) is 5.41 Å². The molecule has 0 spiro atoms. The number of carbonyl (C=O) groups is 1. The quantitative estimate of drug-likeness (QED) is 0.874. The molecule has 1 heterocycles. The number of nitrogens with one attached hydrogen (secondary N) is 1. The standard InChI is InChI=1S/C16H26N2O3/c1-10(15-11(2)18-21-12(15)3)8-14(20)17-13-6-5-7-16(13,4)9-19/h10,13,19H,5-9H2,1-4H3,(H,17,20). The van der Waals surface area contributed by atoms with Gasteiger partial charge in [0.25, 0.3) is 0 Å². The third-order valence-electron chi connectivity index (χ3n) is 4.85. The van der Waals surface area contributed by atoms with Gasteiger partial charge in [-0.05, 0) is 32.6 Å². The molecule has 1 aromatic rings. The van der Waals surface area contributed by atoms with Crippen molar-refractivity contribution in [2.45, 2.75) is 65.3 Å². The van der Waals surface area contributed by atoms with Crippen LogP contribution in [0.15, 0.2) is 4.52 Å². The second-order valence-electron chi connectivity index (χ2n) is 6.67. The Bertz CT molecular complexity index is 492. The second kappa shape index (κ2) is 6.18. The first-order chi connectivity index (χ1) is 9.87. The summed E-state index contributed by atoms with van der Waals surface area (Å²) < 4.78 is 5.17. The first kappa shape index (κ1) is 16.0. The zero-order chi connectivity index (χ0) is 15.6. The van der Waals surface area contributed by atoms with E-state index in [0.29, 0.717) is 6.42 Å². The molecule has 1 aliphatic rings. The van der Waals surface area contributed by atoms with E-state index < -0.39 is 0 Å². The number of aryl methyl sites for hydroxylation is 2. The fourth-order valence-electron chi connectivity index (χ4n) is 3.50. The van der Waals surface area contributed by atoms with Crippen molar-refractivity contribution in [1.82, 2.24) is 10.5 Å². The second-order valence-corrected chi connectivity index (χ2v) is 6.67. The van der Waals surface area contributed by atoms with E-state index in [2.05, 4.69) is 10.5 Å². The molecule has 0 bridgehead atoms. The highest BCUT2D eigenvalue weighted by Gasteiger charge is 2.39. The molecule has 2 N–H and O–H groups in total. The zero-order valence-corrected chi connectivity index (χ0v) is 13.4. The molecule has 1 amide bonds. The summed E-state index contributed by atoms with van der Waals surface area (Å²) in [5, 5.41) is 16.6. The largest absolute Gasteiger partial charge is 0.396 e. The van der Waals surface area contributed by atoms with Gasteiger partial charge >= 0.3 is 0 Å². The molecule has 3 atom stereocenters. The number of aromatic nitrogens is 1. The molecule has 5 heteroatoms. The summed E-state index contributed by atoms with van der Waals surface area (Å²) in [6.45, 7) is 7.97. The maximum Gasteiger partial charge on any atom is 0.220 e. The highest BCUT2D eigenvalue weighted by molar-refractivity contribution is 5.77. The molecule has 5 nitrogen and oxygen atoms in total. The van der Waals surface area contributed by atoms with Crippen molar-refractivity contribution in [3.05, 3.63) is 17.0 Å². The van der Waals surface area contributed by atoms with Crippen LogP contribution in [0.2, 0.25) is 0 Å². The molecule has 1 fully saturated rings. The van der Waals surface area contributed by atoms with Crippen molar-refractivity contribution < 1.29 is 14.4 Å². The van der Waals surface area contributed by atoms with Crippen LogP contribution in [-0.2, 0) is 4.79 Å². The molecule has 1 saturated carbocycles. The Balaban J connectivity index is 1.96. The Morgan fingerprint density at radius 1 is 1.57 bits per heavy atom. The summed E-state index contributed by atoms with van der Waals surface area (Å²) in [6, 6.07) is 0.0758. The lowest BCUT2D eigenvalue weighted by Gasteiger charge is -2.30. The molecular formula is C16H26N2O3. The summed E-state index contributed by atoms with van der Waals surface area (Å²) in [5.41, 5.74) is 1.71. The molecular weight excluding hydrogens is 268 g/mol. The number of aliphatic hydroxyl groups is 1. The summed E-state index contributed by atoms with van der Waals surface area (Å²) >= 11 is 0. The highest BCUT2D eigenvalue weighted by atomic mass is 16.5. The Morgan fingerprint density at radius 2 is 2.29 bits per heavy atom.